The maximum Gasteiger partial charge on any atom is 0.335 e. The van der Waals surface area contributed by atoms with Crippen molar-refractivity contribution in [3.63, 3.8) is 0 Å². The number of carboxylic acid groups (broad SMARTS) is 1. The summed E-state index contributed by atoms with van der Waals surface area (Å²) in [6, 6.07) is 5.94. The first kappa shape index (κ1) is 16.2. The van der Waals surface area contributed by atoms with E-state index in [1.807, 2.05) is 20.8 Å². The molecule has 0 aliphatic rings. The summed E-state index contributed by atoms with van der Waals surface area (Å²) in [4.78, 5) is 22.9. The minimum Gasteiger partial charge on any atom is -0.478 e. The van der Waals surface area contributed by atoms with E-state index in [9.17, 15) is 9.59 Å². The van der Waals surface area contributed by atoms with Gasteiger partial charge in [0.15, 0.2) is 0 Å². The predicted octanol–water partition coefficient (Wildman–Crippen LogP) is 2.18. The van der Waals surface area contributed by atoms with Crippen molar-refractivity contribution < 1.29 is 19.4 Å². The summed E-state index contributed by atoms with van der Waals surface area (Å²) < 4.78 is 5.35. The highest BCUT2D eigenvalue weighted by molar-refractivity contribution is 5.97. The standard InChI is InChI=1S/C15H21NO4/c1-15(2,3)12(20-4)9-16-13(17)10-6-5-7-11(8-10)14(18)19/h5-8,12H,9H2,1-4H3,(H,16,17)(H,18,19). The molecule has 0 aliphatic carbocycles. The van der Waals surface area contributed by atoms with Gasteiger partial charge in [0.2, 0.25) is 0 Å². The number of methoxy groups -OCH3 is 1. The number of aromatic carboxylic acids is 1. The van der Waals surface area contributed by atoms with Gasteiger partial charge in [-0.3, -0.25) is 4.79 Å². The van der Waals surface area contributed by atoms with Crippen LogP contribution in [0, 0.1) is 5.41 Å². The Morgan fingerprint density at radius 2 is 1.90 bits per heavy atom. The molecule has 0 heterocycles. The van der Waals surface area contributed by atoms with Crippen LogP contribution in [0.2, 0.25) is 0 Å². The van der Waals surface area contributed by atoms with Gasteiger partial charge in [-0.05, 0) is 23.6 Å². The molecule has 0 fully saturated rings. The molecule has 1 amide bonds. The van der Waals surface area contributed by atoms with Gasteiger partial charge in [-0.1, -0.05) is 26.8 Å². The normalized spacial score (nSPS) is 12.8. The van der Waals surface area contributed by atoms with Crippen molar-refractivity contribution in [1.82, 2.24) is 5.32 Å². The third-order valence-corrected chi connectivity index (χ3v) is 3.07. The molecule has 1 unspecified atom stereocenters. The molecule has 0 aliphatic heterocycles. The van der Waals surface area contributed by atoms with E-state index >= 15 is 0 Å². The van der Waals surface area contributed by atoms with E-state index in [1.165, 1.54) is 12.1 Å². The van der Waals surface area contributed by atoms with Gasteiger partial charge < -0.3 is 15.2 Å². The molecule has 1 aromatic carbocycles. The molecule has 1 atom stereocenters. The minimum absolute atomic E-state index is 0.0923. The zero-order chi connectivity index (χ0) is 15.3. The lowest BCUT2D eigenvalue weighted by Crippen LogP contribution is -2.40. The number of carbonyl (C=O) groups excluding carboxylic acids is 1. The molecule has 20 heavy (non-hydrogen) atoms. The van der Waals surface area contributed by atoms with Crippen molar-refractivity contribution in [2.75, 3.05) is 13.7 Å². The summed E-state index contributed by atoms with van der Waals surface area (Å²) in [6.45, 7) is 6.45. The van der Waals surface area contributed by atoms with Gasteiger partial charge in [-0.2, -0.15) is 0 Å². The Labute approximate surface area is 118 Å². The van der Waals surface area contributed by atoms with Crippen LogP contribution in [0.25, 0.3) is 0 Å². The number of benzene rings is 1. The lowest BCUT2D eigenvalue weighted by atomic mass is 9.89. The molecular weight excluding hydrogens is 258 g/mol. The number of carboxylic acids is 1. The first-order valence-electron chi connectivity index (χ1n) is 6.40. The van der Waals surface area contributed by atoms with E-state index in [4.69, 9.17) is 9.84 Å². The summed E-state index contributed by atoms with van der Waals surface area (Å²) in [6.07, 6.45) is -0.117. The molecule has 0 saturated carbocycles. The van der Waals surface area contributed by atoms with E-state index in [2.05, 4.69) is 5.32 Å². The fourth-order valence-electron chi connectivity index (χ4n) is 1.82. The SMILES string of the molecule is COC(CNC(=O)c1cccc(C(=O)O)c1)C(C)(C)C. The largest absolute Gasteiger partial charge is 0.478 e. The first-order chi connectivity index (χ1) is 9.25. The second-order valence-electron chi connectivity index (χ2n) is 5.69. The van der Waals surface area contributed by atoms with E-state index in [1.54, 1.807) is 19.2 Å². The quantitative estimate of drug-likeness (QED) is 0.866. The van der Waals surface area contributed by atoms with E-state index in [-0.39, 0.29) is 23.0 Å². The minimum atomic E-state index is -1.05. The lowest BCUT2D eigenvalue weighted by Gasteiger charge is -2.29. The summed E-state index contributed by atoms with van der Waals surface area (Å²) in [5, 5.41) is 11.7. The van der Waals surface area contributed by atoms with Crippen LogP contribution in [0.4, 0.5) is 0 Å². The molecule has 1 aromatic rings. The van der Waals surface area contributed by atoms with E-state index < -0.39 is 5.97 Å². The molecule has 1 rings (SSSR count). The molecule has 0 spiro atoms. The molecule has 0 radical (unpaired) electrons. The Balaban J connectivity index is 2.72. The van der Waals surface area contributed by atoms with Gasteiger partial charge in [-0.25, -0.2) is 4.79 Å². The first-order valence-corrected chi connectivity index (χ1v) is 6.40. The summed E-state index contributed by atoms with van der Waals surface area (Å²) in [7, 11) is 1.60. The number of hydrogen-bond donors (Lipinski definition) is 2. The Hall–Kier alpha value is -1.88. The van der Waals surface area contributed by atoms with Gasteiger partial charge in [0, 0.05) is 19.2 Å². The van der Waals surface area contributed by atoms with Crippen LogP contribution in [-0.2, 0) is 4.74 Å². The predicted molar refractivity (Wildman–Crippen MR) is 76.0 cm³/mol. The maximum atomic E-state index is 12.0. The maximum absolute atomic E-state index is 12.0. The van der Waals surface area contributed by atoms with Crippen molar-refractivity contribution in [1.29, 1.82) is 0 Å². The van der Waals surface area contributed by atoms with Gasteiger partial charge in [0.25, 0.3) is 5.91 Å². The molecule has 0 aromatic heterocycles. The monoisotopic (exact) mass is 279 g/mol. The van der Waals surface area contributed by atoms with Crippen molar-refractivity contribution in [2.24, 2.45) is 5.41 Å². The van der Waals surface area contributed by atoms with Crippen molar-refractivity contribution in [3.8, 4) is 0 Å². The summed E-state index contributed by atoms with van der Waals surface area (Å²) >= 11 is 0. The van der Waals surface area contributed by atoms with E-state index in [0.717, 1.165) is 0 Å². The van der Waals surface area contributed by atoms with Gasteiger partial charge in [0.1, 0.15) is 0 Å². The number of carbonyl (C=O) groups is 2. The van der Waals surface area contributed by atoms with Crippen LogP contribution >= 0.6 is 0 Å². The molecule has 5 nitrogen and oxygen atoms in total. The highest BCUT2D eigenvalue weighted by Gasteiger charge is 2.24. The van der Waals surface area contributed by atoms with Gasteiger partial charge >= 0.3 is 5.97 Å². The zero-order valence-corrected chi connectivity index (χ0v) is 12.3. The molecule has 5 heteroatoms. The lowest BCUT2D eigenvalue weighted by molar-refractivity contribution is 0.0176. The van der Waals surface area contributed by atoms with Crippen LogP contribution in [0.5, 0.6) is 0 Å². The number of nitrogens with one attached hydrogen (secondary N) is 1. The van der Waals surface area contributed by atoms with Crippen molar-refractivity contribution in [3.05, 3.63) is 35.4 Å². The highest BCUT2D eigenvalue weighted by atomic mass is 16.5. The second kappa shape index (κ2) is 6.52. The number of rotatable bonds is 5. The van der Waals surface area contributed by atoms with Crippen LogP contribution in [0.1, 0.15) is 41.5 Å². The van der Waals surface area contributed by atoms with Gasteiger partial charge in [-0.15, -0.1) is 0 Å². The average molecular weight is 279 g/mol. The Bertz CT molecular complexity index is 491. The Morgan fingerprint density at radius 3 is 2.40 bits per heavy atom. The van der Waals surface area contributed by atoms with Crippen LogP contribution < -0.4 is 5.32 Å². The summed E-state index contributed by atoms with van der Waals surface area (Å²) in [5.41, 5.74) is 0.329. The fourth-order valence-corrected chi connectivity index (χ4v) is 1.82. The third kappa shape index (κ3) is 4.35. The molecule has 0 saturated heterocycles. The van der Waals surface area contributed by atoms with Crippen molar-refractivity contribution >= 4 is 11.9 Å². The number of hydrogen-bond acceptors (Lipinski definition) is 3. The average Bonchev–Trinajstić information content (AvgIpc) is 2.37. The second-order valence-corrected chi connectivity index (χ2v) is 5.69. The highest BCUT2D eigenvalue weighted by Crippen LogP contribution is 2.21. The molecular formula is C15H21NO4. The number of ether oxygens (including phenoxy) is 1. The van der Waals surface area contributed by atoms with Crippen molar-refractivity contribution in [2.45, 2.75) is 26.9 Å². The van der Waals surface area contributed by atoms with Gasteiger partial charge in [0.05, 0.1) is 11.7 Å². The van der Waals surface area contributed by atoms with Crippen LogP contribution in [-0.4, -0.2) is 36.7 Å². The molecule has 2 N–H and O–H groups in total. The Morgan fingerprint density at radius 1 is 1.30 bits per heavy atom. The van der Waals surface area contributed by atoms with Crippen LogP contribution in [0.3, 0.4) is 0 Å². The smallest absolute Gasteiger partial charge is 0.335 e. The van der Waals surface area contributed by atoms with Crippen LogP contribution in [0.15, 0.2) is 24.3 Å². The fraction of sp³-hybridized carbons (Fsp3) is 0.467. The Kier molecular flexibility index (Phi) is 5.27. The zero-order valence-electron chi connectivity index (χ0n) is 12.3. The summed E-state index contributed by atoms with van der Waals surface area (Å²) in [5.74, 6) is -1.36. The molecule has 0 bridgehead atoms. The number of amides is 1. The topological polar surface area (TPSA) is 75.6 Å². The van der Waals surface area contributed by atoms with E-state index in [0.29, 0.717) is 12.1 Å². The third-order valence-electron chi connectivity index (χ3n) is 3.07. The molecule has 110 valence electrons.